The number of nitrogens with one attached hydrogen (secondary N) is 1. The van der Waals surface area contributed by atoms with Crippen molar-refractivity contribution in [2.24, 2.45) is 5.84 Å². The Hall–Kier alpha value is -3.14. The van der Waals surface area contributed by atoms with Crippen LogP contribution in [0.2, 0.25) is 0 Å². The maximum atomic E-state index is 11.9. The van der Waals surface area contributed by atoms with Crippen LogP contribution in [-0.4, -0.2) is 47.8 Å². The molecule has 30 heavy (non-hydrogen) atoms. The SMILES string of the molecule is NNC(=O)c1cc(Oc2ccc(OCCOC3CCOCC3)cc2)n2cncc2c1. The zero-order chi connectivity index (χ0) is 20.8. The van der Waals surface area contributed by atoms with Crippen molar-refractivity contribution in [3.63, 3.8) is 0 Å². The molecule has 0 radical (unpaired) electrons. The number of aromatic nitrogens is 2. The van der Waals surface area contributed by atoms with Crippen LogP contribution >= 0.6 is 0 Å². The molecular weight excluding hydrogens is 388 g/mol. The van der Waals surface area contributed by atoms with Gasteiger partial charge in [0.2, 0.25) is 5.88 Å². The summed E-state index contributed by atoms with van der Waals surface area (Å²) in [6.45, 7) is 2.54. The van der Waals surface area contributed by atoms with Crippen LogP contribution in [-0.2, 0) is 9.47 Å². The van der Waals surface area contributed by atoms with E-state index in [4.69, 9.17) is 24.8 Å². The summed E-state index contributed by atoms with van der Waals surface area (Å²) in [6, 6.07) is 10.5. The Bertz CT molecular complexity index is 983. The molecule has 0 unspecified atom stereocenters. The minimum atomic E-state index is -0.407. The molecule has 1 aliphatic rings. The zero-order valence-corrected chi connectivity index (χ0v) is 16.5. The molecule has 1 amide bonds. The molecule has 3 heterocycles. The minimum absolute atomic E-state index is 0.259. The number of imidazole rings is 1. The second-order valence-electron chi connectivity index (χ2n) is 6.85. The maximum absolute atomic E-state index is 11.9. The van der Waals surface area contributed by atoms with E-state index in [9.17, 15) is 4.79 Å². The number of carbonyl (C=O) groups excluding carboxylic acids is 1. The van der Waals surface area contributed by atoms with E-state index < -0.39 is 5.91 Å². The fourth-order valence-electron chi connectivity index (χ4n) is 3.23. The van der Waals surface area contributed by atoms with Gasteiger partial charge in [-0.05, 0) is 43.2 Å². The summed E-state index contributed by atoms with van der Waals surface area (Å²) in [6.07, 6.45) is 5.38. The average molecular weight is 412 g/mol. The van der Waals surface area contributed by atoms with Crippen LogP contribution in [0.4, 0.5) is 0 Å². The first kappa shape index (κ1) is 20.1. The molecular formula is C21H24N4O5. The first-order chi connectivity index (χ1) is 14.7. The Morgan fingerprint density at radius 3 is 2.70 bits per heavy atom. The summed E-state index contributed by atoms with van der Waals surface area (Å²) >= 11 is 0. The van der Waals surface area contributed by atoms with Crippen LogP contribution in [0.1, 0.15) is 23.2 Å². The van der Waals surface area contributed by atoms with E-state index in [0.717, 1.165) is 37.3 Å². The van der Waals surface area contributed by atoms with Crippen molar-refractivity contribution in [2.75, 3.05) is 26.4 Å². The number of nitrogens with zero attached hydrogens (tertiary/aromatic N) is 2. The topological polar surface area (TPSA) is 109 Å². The van der Waals surface area contributed by atoms with Gasteiger partial charge in [-0.25, -0.2) is 10.8 Å². The number of fused-ring (bicyclic) bond motifs is 1. The highest BCUT2D eigenvalue weighted by molar-refractivity contribution is 5.95. The van der Waals surface area contributed by atoms with Crippen molar-refractivity contribution in [3.05, 3.63) is 54.5 Å². The molecule has 9 heteroatoms. The van der Waals surface area contributed by atoms with E-state index >= 15 is 0 Å². The van der Waals surface area contributed by atoms with E-state index in [-0.39, 0.29) is 6.10 Å². The lowest BCUT2D eigenvalue weighted by Crippen LogP contribution is -2.30. The van der Waals surface area contributed by atoms with E-state index in [0.29, 0.717) is 30.4 Å². The summed E-state index contributed by atoms with van der Waals surface area (Å²) in [4.78, 5) is 16.0. The van der Waals surface area contributed by atoms with Crippen LogP contribution < -0.4 is 20.7 Å². The molecule has 1 saturated heterocycles. The Morgan fingerprint density at radius 2 is 1.93 bits per heavy atom. The van der Waals surface area contributed by atoms with Crippen molar-refractivity contribution in [1.29, 1.82) is 0 Å². The van der Waals surface area contributed by atoms with Gasteiger partial charge in [0.25, 0.3) is 5.91 Å². The lowest BCUT2D eigenvalue weighted by molar-refractivity contribution is -0.0388. The predicted octanol–water partition coefficient (Wildman–Crippen LogP) is 2.30. The number of nitrogen functional groups attached to an aromatic ring is 1. The third-order valence-corrected chi connectivity index (χ3v) is 4.80. The smallest absolute Gasteiger partial charge is 0.265 e. The summed E-state index contributed by atoms with van der Waals surface area (Å²) < 4.78 is 24.5. The number of nitrogens with two attached hydrogens (primary N) is 1. The normalized spacial score (nSPS) is 14.6. The Labute approximate surface area is 173 Å². The molecule has 0 spiro atoms. The van der Waals surface area contributed by atoms with Gasteiger partial charge in [-0.2, -0.15) is 0 Å². The highest BCUT2D eigenvalue weighted by Gasteiger charge is 2.14. The average Bonchev–Trinajstić information content (AvgIpc) is 3.27. The van der Waals surface area contributed by atoms with E-state index in [1.165, 1.54) is 0 Å². The van der Waals surface area contributed by atoms with Gasteiger partial charge in [-0.3, -0.25) is 14.6 Å². The molecule has 3 aromatic rings. The van der Waals surface area contributed by atoms with Crippen LogP contribution in [0.15, 0.2) is 48.9 Å². The molecule has 3 N–H and O–H groups in total. The monoisotopic (exact) mass is 412 g/mol. The van der Waals surface area contributed by atoms with Crippen molar-refractivity contribution >= 4 is 11.4 Å². The van der Waals surface area contributed by atoms with Gasteiger partial charge >= 0.3 is 0 Å². The lowest BCUT2D eigenvalue weighted by atomic mass is 10.2. The van der Waals surface area contributed by atoms with E-state index in [1.54, 1.807) is 41.2 Å². The number of benzene rings is 1. The molecule has 0 atom stereocenters. The lowest BCUT2D eigenvalue weighted by Gasteiger charge is -2.22. The van der Waals surface area contributed by atoms with E-state index in [2.05, 4.69) is 10.4 Å². The molecule has 2 aromatic heterocycles. The van der Waals surface area contributed by atoms with Crippen molar-refractivity contribution in [1.82, 2.24) is 14.8 Å². The number of rotatable bonds is 8. The molecule has 0 bridgehead atoms. The predicted molar refractivity (Wildman–Crippen MR) is 109 cm³/mol. The zero-order valence-electron chi connectivity index (χ0n) is 16.5. The molecule has 0 saturated carbocycles. The number of ether oxygens (including phenoxy) is 4. The van der Waals surface area contributed by atoms with Gasteiger partial charge in [0.05, 0.1) is 24.4 Å². The Kier molecular flexibility index (Phi) is 6.43. The van der Waals surface area contributed by atoms with Gasteiger partial charge in [0.1, 0.15) is 24.4 Å². The molecule has 158 valence electrons. The maximum Gasteiger partial charge on any atom is 0.265 e. The highest BCUT2D eigenvalue weighted by Crippen LogP contribution is 2.26. The first-order valence-corrected chi connectivity index (χ1v) is 9.80. The number of amides is 1. The summed E-state index contributed by atoms with van der Waals surface area (Å²) in [7, 11) is 0. The van der Waals surface area contributed by atoms with Gasteiger partial charge in [-0.15, -0.1) is 0 Å². The van der Waals surface area contributed by atoms with Crippen molar-refractivity contribution in [2.45, 2.75) is 18.9 Å². The Balaban J connectivity index is 1.35. The van der Waals surface area contributed by atoms with Crippen LogP contribution in [0.25, 0.3) is 5.52 Å². The standard InChI is InChI=1S/C21H24N4O5/c22-24-21(26)15-11-16-13-23-14-25(16)20(12-15)30-19-3-1-17(2-4-19)28-9-10-29-18-5-7-27-8-6-18/h1-4,11-14,18H,5-10,22H2,(H,24,26). The second-order valence-corrected chi connectivity index (χ2v) is 6.85. The van der Waals surface area contributed by atoms with Gasteiger partial charge in [0.15, 0.2) is 0 Å². The number of hydrogen-bond acceptors (Lipinski definition) is 7. The Morgan fingerprint density at radius 1 is 1.17 bits per heavy atom. The second kappa shape index (κ2) is 9.57. The molecule has 4 rings (SSSR count). The number of carbonyl (C=O) groups is 1. The molecule has 1 aliphatic heterocycles. The van der Waals surface area contributed by atoms with Gasteiger partial charge < -0.3 is 18.9 Å². The number of pyridine rings is 1. The minimum Gasteiger partial charge on any atom is -0.491 e. The fraction of sp³-hybridized carbons (Fsp3) is 0.333. The summed E-state index contributed by atoms with van der Waals surface area (Å²) in [5.41, 5.74) is 3.22. The van der Waals surface area contributed by atoms with E-state index in [1.807, 2.05) is 12.1 Å². The quantitative estimate of drug-likeness (QED) is 0.253. The van der Waals surface area contributed by atoms with Crippen molar-refractivity contribution < 1.29 is 23.7 Å². The van der Waals surface area contributed by atoms with Crippen LogP contribution in [0.5, 0.6) is 17.4 Å². The van der Waals surface area contributed by atoms with Crippen LogP contribution in [0.3, 0.4) is 0 Å². The fourth-order valence-corrected chi connectivity index (χ4v) is 3.23. The van der Waals surface area contributed by atoms with Crippen molar-refractivity contribution in [3.8, 4) is 17.4 Å². The van der Waals surface area contributed by atoms with Crippen LogP contribution in [0, 0.1) is 0 Å². The third kappa shape index (κ3) is 4.88. The summed E-state index contributed by atoms with van der Waals surface area (Å²) in [5, 5.41) is 0. The summed E-state index contributed by atoms with van der Waals surface area (Å²) in [5.74, 6) is 6.61. The molecule has 1 fully saturated rings. The molecule has 0 aliphatic carbocycles. The largest absolute Gasteiger partial charge is 0.491 e. The number of hydrazine groups is 1. The number of hydrogen-bond donors (Lipinski definition) is 2. The highest BCUT2D eigenvalue weighted by atomic mass is 16.5. The first-order valence-electron chi connectivity index (χ1n) is 9.80. The third-order valence-electron chi connectivity index (χ3n) is 4.80. The molecule has 1 aromatic carbocycles. The van der Waals surface area contributed by atoms with Gasteiger partial charge in [-0.1, -0.05) is 0 Å². The van der Waals surface area contributed by atoms with Gasteiger partial charge in [0, 0.05) is 24.8 Å². The molecule has 9 nitrogen and oxygen atoms in total.